The molecule has 0 saturated carbocycles. The summed E-state index contributed by atoms with van der Waals surface area (Å²) in [6.07, 6.45) is 2.62. The zero-order valence-corrected chi connectivity index (χ0v) is 12.4. The first-order valence-corrected chi connectivity index (χ1v) is 7.33. The molecule has 1 aliphatic heterocycles. The lowest BCUT2D eigenvalue weighted by Gasteiger charge is -2.27. The summed E-state index contributed by atoms with van der Waals surface area (Å²) < 4.78 is 5.17. The second kappa shape index (κ2) is 5.64. The van der Waals surface area contributed by atoms with Gasteiger partial charge in [-0.25, -0.2) is 0 Å². The largest absolute Gasteiger partial charge is 0.469 e. The maximum absolute atomic E-state index is 12.1. The van der Waals surface area contributed by atoms with Gasteiger partial charge < -0.3 is 14.6 Å². The van der Waals surface area contributed by atoms with Gasteiger partial charge in [-0.05, 0) is 38.0 Å². The van der Waals surface area contributed by atoms with E-state index in [9.17, 15) is 4.79 Å². The number of anilines is 1. The molecule has 0 bridgehead atoms. The third kappa shape index (κ3) is 2.66. The summed E-state index contributed by atoms with van der Waals surface area (Å²) in [5.41, 5.74) is 3.30. The molecule has 2 heterocycles. The highest BCUT2D eigenvalue weighted by Crippen LogP contribution is 2.28. The first-order valence-electron chi connectivity index (χ1n) is 7.33. The van der Waals surface area contributed by atoms with Crippen LogP contribution < -0.4 is 10.2 Å². The Hall–Kier alpha value is -2.23. The summed E-state index contributed by atoms with van der Waals surface area (Å²) in [5, 5.41) is 2.99. The number of nitrogens with zero attached hydrogens (tertiary/aromatic N) is 1. The Labute approximate surface area is 124 Å². The Morgan fingerprint density at radius 3 is 2.95 bits per heavy atom. The molecule has 1 aliphatic rings. The number of hydrogen-bond acceptors (Lipinski definition) is 3. The summed E-state index contributed by atoms with van der Waals surface area (Å²) in [4.78, 5) is 14.5. The first kappa shape index (κ1) is 13.7. The number of aryl methyl sites for hydroxylation is 1. The topological polar surface area (TPSA) is 45.5 Å². The Morgan fingerprint density at radius 2 is 2.19 bits per heavy atom. The predicted octanol–water partition coefficient (Wildman–Crippen LogP) is 2.77. The summed E-state index contributed by atoms with van der Waals surface area (Å²) >= 11 is 0. The number of rotatable bonds is 4. The summed E-state index contributed by atoms with van der Waals surface area (Å²) in [6, 6.07) is 10.5. The van der Waals surface area contributed by atoms with Crippen molar-refractivity contribution in [3.8, 4) is 0 Å². The fourth-order valence-electron chi connectivity index (χ4n) is 2.89. The van der Waals surface area contributed by atoms with E-state index in [4.69, 9.17) is 4.42 Å². The van der Waals surface area contributed by atoms with E-state index in [0.29, 0.717) is 17.9 Å². The van der Waals surface area contributed by atoms with Gasteiger partial charge in [0.2, 0.25) is 0 Å². The minimum absolute atomic E-state index is 0.0689. The molecular weight excluding hydrogens is 264 g/mol. The molecule has 0 aliphatic carbocycles. The Morgan fingerprint density at radius 1 is 1.38 bits per heavy atom. The van der Waals surface area contributed by atoms with Crippen molar-refractivity contribution in [2.24, 2.45) is 0 Å². The van der Waals surface area contributed by atoms with Gasteiger partial charge in [0.05, 0.1) is 11.8 Å². The molecule has 2 aromatic rings. The van der Waals surface area contributed by atoms with E-state index < -0.39 is 0 Å². The molecule has 4 heteroatoms. The smallest absolute Gasteiger partial charge is 0.254 e. The molecule has 0 unspecified atom stereocenters. The molecule has 21 heavy (non-hydrogen) atoms. The van der Waals surface area contributed by atoms with E-state index in [-0.39, 0.29) is 11.9 Å². The molecule has 0 fully saturated rings. The third-order valence-corrected chi connectivity index (χ3v) is 4.12. The molecule has 1 aromatic heterocycles. The third-order valence-electron chi connectivity index (χ3n) is 4.12. The molecule has 3 rings (SSSR count). The van der Waals surface area contributed by atoms with Gasteiger partial charge in [0.1, 0.15) is 5.76 Å². The van der Waals surface area contributed by atoms with E-state index in [1.807, 2.05) is 0 Å². The normalized spacial score (nSPS) is 14.9. The molecule has 1 aromatic carbocycles. The van der Waals surface area contributed by atoms with E-state index in [0.717, 1.165) is 13.0 Å². The fourth-order valence-corrected chi connectivity index (χ4v) is 2.89. The lowest BCUT2D eigenvalue weighted by atomic mass is 10.1. The van der Waals surface area contributed by atoms with Gasteiger partial charge in [-0.2, -0.15) is 0 Å². The van der Waals surface area contributed by atoms with Crippen molar-refractivity contribution in [1.29, 1.82) is 0 Å². The number of nitrogens with one attached hydrogen (secondary N) is 1. The summed E-state index contributed by atoms with van der Waals surface area (Å²) in [7, 11) is 0. The average molecular weight is 284 g/mol. The number of fused-ring (bicyclic) bond motifs is 1. The Balaban J connectivity index is 1.62. The van der Waals surface area contributed by atoms with E-state index in [1.165, 1.54) is 11.3 Å². The number of benzene rings is 1. The van der Waals surface area contributed by atoms with Crippen LogP contribution in [0.2, 0.25) is 0 Å². The number of furan rings is 1. The standard InChI is InChI=1S/C17H20N2O2/c1-12(11-18-17(20)15-8-10-21-13(15)2)19-9-7-14-5-3-4-6-16(14)19/h3-6,8,10,12H,7,9,11H2,1-2H3,(H,18,20)/t12-/m0/s1. The van der Waals surface area contributed by atoms with Crippen molar-refractivity contribution in [2.45, 2.75) is 26.3 Å². The zero-order chi connectivity index (χ0) is 14.8. The van der Waals surface area contributed by atoms with Gasteiger partial charge >= 0.3 is 0 Å². The maximum Gasteiger partial charge on any atom is 0.254 e. The minimum Gasteiger partial charge on any atom is -0.469 e. The highest BCUT2D eigenvalue weighted by Gasteiger charge is 2.23. The van der Waals surface area contributed by atoms with E-state index >= 15 is 0 Å². The molecule has 1 N–H and O–H groups in total. The SMILES string of the molecule is Cc1occc1C(=O)NC[C@H](C)N1CCc2ccccc21. The van der Waals surface area contributed by atoms with Crippen molar-refractivity contribution < 1.29 is 9.21 Å². The fraction of sp³-hybridized carbons (Fsp3) is 0.353. The van der Waals surface area contributed by atoms with Gasteiger partial charge in [0, 0.05) is 24.8 Å². The van der Waals surface area contributed by atoms with Gasteiger partial charge in [-0.1, -0.05) is 18.2 Å². The number of carbonyl (C=O) groups excluding carboxylic acids is 1. The quantitative estimate of drug-likeness (QED) is 0.939. The number of para-hydroxylation sites is 1. The van der Waals surface area contributed by atoms with Crippen molar-refractivity contribution in [3.05, 3.63) is 53.5 Å². The zero-order valence-electron chi connectivity index (χ0n) is 12.4. The van der Waals surface area contributed by atoms with Crippen LogP contribution in [-0.4, -0.2) is 25.0 Å². The van der Waals surface area contributed by atoms with E-state index in [2.05, 4.69) is 41.4 Å². The molecule has 1 atom stereocenters. The van der Waals surface area contributed by atoms with Gasteiger partial charge in [0.15, 0.2) is 0 Å². The summed E-state index contributed by atoms with van der Waals surface area (Å²) in [5.74, 6) is 0.590. The van der Waals surface area contributed by atoms with Crippen molar-refractivity contribution in [3.63, 3.8) is 0 Å². The van der Waals surface area contributed by atoms with Gasteiger partial charge in [-0.15, -0.1) is 0 Å². The van der Waals surface area contributed by atoms with Crippen molar-refractivity contribution in [1.82, 2.24) is 5.32 Å². The highest BCUT2D eigenvalue weighted by molar-refractivity contribution is 5.95. The van der Waals surface area contributed by atoms with Crippen LogP contribution in [0.4, 0.5) is 5.69 Å². The van der Waals surface area contributed by atoms with Crippen LogP contribution in [0.25, 0.3) is 0 Å². The lowest BCUT2D eigenvalue weighted by molar-refractivity contribution is 0.0950. The van der Waals surface area contributed by atoms with Crippen molar-refractivity contribution in [2.75, 3.05) is 18.0 Å². The molecular formula is C17H20N2O2. The number of hydrogen-bond donors (Lipinski definition) is 1. The lowest BCUT2D eigenvalue weighted by Crippen LogP contribution is -2.41. The highest BCUT2D eigenvalue weighted by atomic mass is 16.3. The molecule has 1 amide bonds. The second-order valence-electron chi connectivity index (χ2n) is 5.52. The summed E-state index contributed by atoms with van der Waals surface area (Å²) in [6.45, 7) is 5.58. The Kier molecular flexibility index (Phi) is 3.69. The monoisotopic (exact) mass is 284 g/mol. The first-order chi connectivity index (χ1) is 10.2. The maximum atomic E-state index is 12.1. The molecule has 0 spiro atoms. The predicted molar refractivity (Wildman–Crippen MR) is 82.7 cm³/mol. The van der Waals surface area contributed by atoms with E-state index in [1.54, 1.807) is 19.3 Å². The van der Waals surface area contributed by atoms with Crippen LogP contribution in [0, 0.1) is 6.92 Å². The number of amides is 1. The Bertz CT molecular complexity index is 648. The van der Waals surface area contributed by atoms with Crippen LogP contribution in [0.15, 0.2) is 41.0 Å². The van der Waals surface area contributed by atoms with Crippen LogP contribution in [-0.2, 0) is 6.42 Å². The molecule has 110 valence electrons. The van der Waals surface area contributed by atoms with Crippen LogP contribution in [0.3, 0.4) is 0 Å². The molecule has 0 radical (unpaired) electrons. The van der Waals surface area contributed by atoms with Gasteiger partial charge in [-0.3, -0.25) is 4.79 Å². The van der Waals surface area contributed by atoms with Crippen LogP contribution >= 0.6 is 0 Å². The molecule has 0 saturated heterocycles. The average Bonchev–Trinajstić information content (AvgIpc) is 3.10. The van der Waals surface area contributed by atoms with Crippen molar-refractivity contribution >= 4 is 11.6 Å². The van der Waals surface area contributed by atoms with Gasteiger partial charge in [0.25, 0.3) is 5.91 Å². The van der Waals surface area contributed by atoms with Crippen LogP contribution in [0.1, 0.15) is 28.6 Å². The minimum atomic E-state index is -0.0689. The second-order valence-corrected chi connectivity index (χ2v) is 5.52. The van der Waals surface area contributed by atoms with Crippen LogP contribution in [0.5, 0.6) is 0 Å². The number of carbonyl (C=O) groups is 1. The molecule has 4 nitrogen and oxygen atoms in total.